The average Bonchev–Trinajstić information content (AvgIpc) is 3.83. The van der Waals surface area contributed by atoms with Crippen LogP contribution in [0, 0.1) is 6.92 Å². The molecule has 0 saturated heterocycles. The average molecular weight is 883 g/mol. The van der Waals surface area contributed by atoms with E-state index in [0.29, 0.717) is 5.69 Å². The first-order valence-electron chi connectivity index (χ1n) is 23.0. The van der Waals surface area contributed by atoms with Gasteiger partial charge in [0.1, 0.15) is 0 Å². The van der Waals surface area contributed by atoms with Gasteiger partial charge in [-0.1, -0.05) is 139 Å². The fraction of sp³-hybridized carbons (Fsp3) is 0.0476. The molecule has 68 heavy (non-hydrogen) atoms. The van der Waals surface area contributed by atoms with E-state index in [-0.39, 0.29) is 0 Å². The molecule has 0 amide bonds. The first-order valence-corrected chi connectivity index (χ1v) is 23.0. The zero-order chi connectivity index (χ0) is 45.7. The van der Waals surface area contributed by atoms with Gasteiger partial charge < -0.3 is 9.80 Å². The molecule has 0 fully saturated rings. The van der Waals surface area contributed by atoms with Gasteiger partial charge >= 0.3 is 6.18 Å². The van der Waals surface area contributed by atoms with E-state index < -0.39 is 17.2 Å². The number of hydrogen-bond acceptors (Lipinski definition) is 2. The third-order valence-electron chi connectivity index (χ3n) is 14.3. The van der Waals surface area contributed by atoms with Crippen LogP contribution in [-0.4, -0.2) is 0 Å². The Morgan fingerprint density at radius 2 is 0.691 bits per heavy atom. The molecule has 2 aliphatic carbocycles. The van der Waals surface area contributed by atoms with E-state index in [1.54, 1.807) is 12.1 Å². The highest BCUT2D eigenvalue weighted by atomic mass is 19.4. The number of nitrogens with zero attached hydrogens (tertiary/aromatic N) is 2. The van der Waals surface area contributed by atoms with Gasteiger partial charge in [-0.25, -0.2) is 0 Å². The molecule has 11 aromatic rings. The number of aryl methyl sites for hydroxylation is 1. The standard InChI is InChI=1S/C63H41F3N2/c1-40-24-28-44(29-25-40)67(42-14-4-2-5-15-42)46-32-34-53-54-35-33-47(68(43-16-6-3-7-17-43)45-30-26-41(27-31-45)63(64,65)66)37-60(54)62(59(53)36-46)58-23-13-12-22-52(58)57-38-55-50-20-10-8-18-48(50)49-19-9-11-21-51(49)56(55)39-61(57)62/h2-39H,1H3. The lowest BCUT2D eigenvalue weighted by atomic mass is 9.70. The molecule has 13 rings (SSSR count). The molecule has 0 heterocycles. The van der Waals surface area contributed by atoms with E-state index in [4.69, 9.17) is 0 Å². The van der Waals surface area contributed by atoms with Crippen LogP contribution >= 0.6 is 0 Å². The fourth-order valence-corrected chi connectivity index (χ4v) is 11.4. The Bertz CT molecular complexity index is 3790. The third kappa shape index (κ3) is 5.91. The van der Waals surface area contributed by atoms with E-state index in [1.807, 2.05) is 30.3 Å². The molecule has 1 atom stereocenters. The summed E-state index contributed by atoms with van der Waals surface area (Å²) in [6, 6.07) is 79.4. The molecule has 324 valence electrons. The molecule has 0 saturated carbocycles. The maximum atomic E-state index is 14.0. The van der Waals surface area contributed by atoms with Crippen molar-refractivity contribution in [3.63, 3.8) is 0 Å². The Labute approximate surface area is 392 Å². The first kappa shape index (κ1) is 39.9. The molecule has 0 radical (unpaired) electrons. The number of rotatable bonds is 6. The number of hydrogen-bond donors (Lipinski definition) is 0. The highest BCUT2D eigenvalue weighted by molar-refractivity contribution is 6.26. The van der Waals surface area contributed by atoms with Gasteiger partial charge in [0.2, 0.25) is 0 Å². The first-order chi connectivity index (χ1) is 33.3. The summed E-state index contributed by atoms with van der Waals surface area (Å²) in [4.78, 5) is 4.41. The maximum Gasteiger partial charge on any atom is 0.416 e. The molecule has 1 spiro atoms. The predicted molar refractivity (Wildman–Crippen MR) is 274 cm³/mol. The van der Waals surface area contributed by atoms with Crippen molar-refractivity contribution in [3.05, 3.63) is 264 Å². The summed E-state index contributed by atoms with van der Waals surface area (Å²) in [5, 5.41) is 7.24. The van der Waals surface area contributed by atoms with Crippen molar-refractivity contribution in [1.82, 2.24) is 0 Å². The van der Waals surface area contributed by atoms with Crippen molar-refractivity contribution < 1.29 is 13.2 Å². The minimum Gasteiger partial charge on any atom is -0.310 e. The second-order valence-electron chi connectivity index (χ2n) is 18.0. The summed E-state index contributed by atoms with van der Waals surface area (Å²) in [5.74, 6) is 0. The number of para-hydroxylation sites is 2. The second kappa shape index (κ2) is 15.1. The minimum atomic E-state index is -4.46. The molecule has 0 aromatic heterocycles. The SMILES string of the molecule is Cc1ccc(N(c2ccccc2)c2ccc3c(c2)C2(c4ccccc4-c4cc5c6ccccc6c6ccccc6c5cc42)c2cc(N(c4ccccc4)c4ccc(C(F)(F)F)cc4)ccc2-3)cc1. The van der Waals surface area contributed by atoms with Gasteiger partial charge in [0.05, 0.1) is 11.0 Å². The Morgan fingerprint density at radius 3 is 1.21 bits per heavy atom. The van der Waals surface area contributed by atoms with Crippen LogP contribution in [-0.2, 0) is 11.6 Å². The number of fused-ring (bicyclic) bond motifs is 16. The highest BCUT2D eigenvalue weighted by Crippen LogP contribution is 2.65. The summed E-state index contributed by atoms with van der Waals surface area (Å²) in [6.07, 6.45) is -4.46. The summed E-state index contributed by atoms with van der Waals surface area (Å²) < 4.78 is 42.0. The van der Waals surface area contributed by atoms with E-state index in [2.05, 4.69) is 193 Å². The van der Waals surface area contributed by atoms with Gasteiger partial charge in [0.25, 0.3) is 0 Å². The maximum absolute atomic E-state index is 14.0. The van der Waals surface area contributed by atoms with Crippen molar-refractivity contribution >= 4 is 66.4 Å². The van der Waals surface area contributed by atoms with E-state index in [9.17, 15) is 13.2 Å². The topological polar surface area (TPSA) is 6.48 Å². The fourth-order valence-electron chi connectivity index (χ4n) is 11.4. The van der Waals surface area contributed by atoms with Crippen molar-refractivity contribution in [2.75, 3.05) is 9.80 Å². The molecule has 2 aliphatic rings. The van der Waals surface area contributed by atoms with Crippen LogP contribution in [0.15, 0.2) is 231 Å². The Hall–Kier alpha value is -8.41. The number of anilines is 6. The number of alkyl halides is 3. The zero-order valence-electron chi connectivity index (χ0n) is 37.0. The van der Waals surface area contributed by atoms with Crippen molar-refractivity contribution in [3.8, 4) is 22.3 Å². The molecule has 0 N–H and O–H groups in total. The third-order valence-corrected chi connectivity index (χ3v) is 14.3. The quantitative estimate of drug-likeness (QED) is 0.154. The van der Waals surface area contributed by atoms with Crippen molar-refractivity contribution in [2.24, 2.45) is 0 Å². The van der Waals surface area contributed by atoms with Crippen molar-refractivity contribution in [2.45, 2.75) is 18.5 Å². The predicted octanol–water partition coefficient (Wildman–Crippen LogP) is 17.8. The van der Waals surface area contributed by atoms with E-state index >= 15 is 0 Å². The van der Waals surface area contributed by atoms with Gasteiger partial charge in [-0.05, 0) is 181 Å². The van der Waals surface area contributed by atoms with Gasteiger partial charge in [-0.3, -0.25) is 0 Å². The summed E-state index contributed by atoms with van der Waals surface area (Å²) in [6.45, 7) is 2.11. The van der Waals surface area contributed by atoms with Crippen LogP contribution < -0.4 is 9.80 Å². The Morgan fingerprint density at radius 1 is 0.309 bits per heavy atom. The summed E-state index contributed by atoms with van der Waals surface area (Å²) >= 11 is 0. The van der Waals surface area contributed by atoms with Crippen LogP contribution in [0.25, 0.3) is 54.6 Å². The molecule has 2 nitrogen and oxygen atoms in total. The van der Waals surface area contributed by atoms with Crippen LogP contribution in [0.4, 0.5) is 47.3 Å². The van der Waals surface area contributed by atoms with Crippen molar-refractivity contribution in [1.29, 1.82) is 0 Å². The molecule has 0 bridgehead atoms. The lowest BCUT2D eigenvalue weighted by Gasteiger charge is -2.33. The monoisotopic (exact) mass is 882 g/mol. The van der Waals surface area contributed by atoms with Gasteiger partial charge in [-0.15, -0.1) is 0 Å². The smallest absolute Gasteiger partial charge is 0.310 e. The Kier molecular flexibility index (Phi) is 8.84. The minimum absolute atomic E-state index is 0.629. The summed E-state index contributed by atoms with van der Waals surface area (Å²) in [5.41, 5.74) is 14.5. The molecular weight excluding hydrogens is 842 g/mol. The zero-order valence-corrected chi connectivity index (χ0v) is 37.0. The van der Waals surface area contributed by atoms with Gasteiger partial charge in [0.15, 0.2) is 0 Å². The molecular formula is C63H41F3N2. The van der Waals surface area contributed by atoms with Crippen LogP contribution in [0.3, 0.4) is 0 Å². The lowest BCUT2D eigenvalue weighted by molar-refractivity contribution is -0.137. The number of halogens is 3. The lowest BCUT2D eigenvalue weighted by Crippen LogP contribution is -2.26. The van der Waals surface area contributed by atoms with Gasteiger partial charge in [-0.2, -0.15) is 13.2 Å². The van der Waals surface area contributed by atoms with Crippen LogP contribution in [0.2, 0.25) is 0 Å². The second-order valence-corrected chi connectivity index (χ2v) is 18.0. The molecule has 5 heteroatoms. The summed E-state index contributed by atoms with van der Waals surface area (Å²) in [7, 11) is 0. The largest absolute Gasteiger partial charge is 0.416 e. The molecule has 0 aliphatic heterocycles. The Balaban J connectivity index is 1.13. The van der Waals surface area contributed by atoms with Crippen LogP contribution in [0.1, 0.15) is 33.4 Å². The van der Waals surface area contributed by atoms with E-state index in [1.165, 1.54) is 77.8 Å². The molecule has 1 unspecified atom stereocenters. The highest BCUT2D eigenvalue weighted by Gasteiger charge is 2.52. The van der Waals surface area contributed by atoms with Gasteiger partial charge in [0, 0.05) is 34.1 Å². The normalized spacial score (nSPS) is 14.5. The number of benzene rings is 11. The van der Waals surface area contributed by atoms with E-state index in [0.717, 1.165) is 45.1 Å². The van der Waals surface area contributed by atoms with Crippen LogP contribution in [0.5, 0.6) is 0 Å². The molecule has 11 aromatic carbocycles.